The second kappa shape index (κ2) is 13.7. The van der Waals surface area contributed by atoms with Gasteiger partial charge in [0.1, 0.15) is 9.96 Å². The summed E-state index contributed by atoms with van der Waals surface area (Å²) in [4.78, 5) is 17.7. The van der Waals surface area contributed by atoms with Crippen LogP contribution in [0.25, 0.3) is 0 Å². The predicted molar refractivity (Wildman–Crippen MR) is 151 cm³/mol. The van der Waals surface area contributed by atoms with Crippen molar-refractivity contribution in [3.8, 4) is 5.75 Å². The highest BCUT2D eigenvalue weighted by molar-refractivity contribution is 7.94. The van der Waals surface area contributed by atoms with E-state index in [1.54, 1.807) is 35.4 Å². The number of thiophene rings is 1. The summed E-state index contributed by atoms with van der Waals surface area (Å²) >= 11 is 1.12. The lowest BCUT2D eigenvalue weighted by Gasteiger charge is -2.35. The number of aliphatic hydroxyl groups excluding tert-OH is 1. The Labute approximate surface area is 230 Å². The van der Waals surface area contributed by atoms with Gasteiger partial charge in [-0.15, -0.1) is 11.3 Å². The maximum absolute atomic E-state index is 14.0. The molecule has 38 heavy (non-hydrogen) atoms. The van der Waals surface area contributed by atoms with Crippen LogP contribution >= 0.6 is 11.3 Å². The van der Waals surface area contributed by atoms with Gasteiger partial charge in [-0.2, -0.15) is 0 Å². The largest absolute Gasteiger partial charge is 0.490 e. The van der Waals surface area contributed by atoms with E-state index in [1.165, 1.54) is 12.1 Å². The van der Waals surface area contributed by atoms with Gasteiger partial charge >= 0.3 is 0 Å². The van der Waals surface area contributed by atoms with Crippen LogP contribution < -0.4 is 9.46 Å². The Morgan fingerprint density at radius 2 is 2.00 bits per heavy atom. The fraction of sp³-hybridized carbons (Fsp3) is 0.593. The van der Waals surface area contributed by atoms with Gasteiger partial charge in [0.2, 0.25) is 0 Å². The molecule has 2 N–H and O–H groups in total. The SMILES string of the molecule is C[C@@H]1CCCCO[C@H](CN(C)C)[C@H](C)CN([C@@H](C)CO)C(=O)c2cc(NS(=O)(=O)c3cccs3)ccc2O1. The topological polar surface area (TPSA) is 108 Å². The highest BCUT2D eigenvalue weighted by Gasteiger charge is 2.30. The summed E-state index contributed by atoms with van der Waals surface area (Å²) in [5, 5.41) is 11.7. The number of rotatable bonds is 7. The summed E-state index contributed by atoms with van der Waals surface area (Å²) in [5.41, 5.74) is 0.513. The van der Waals surface area contributed by atoms with Crippen molar-refractivity contribution in [1.29, 1.82) is 0 Å². The third kappa shape index (κ3) is 8.16. The van der Waals surface area contributed by atoms with Gasteiger partial charge in [-0.25, -0.2) is 8.42 Å². The quantitative estimate of drug-likeness (QED) is 0.522. The molecule has 9 nitrogen and oxygen atoms in total. The van der Waals surface area contributed by atoms with E-state index in [9.17, 15) is 18.3 Å². The fourth-order valence-electron chi connectivity index (χ4n) is 4.43. The van der Waals surface area contributed by atoms with Crippen LogP contribution in [0.5, 0.6) is 5.75 Å². The molecule has 0 saturated carbocycles. The van der Waals surface area contributed by atoms with Crippen molar-refractivity contribution >= 4 is 33.0 Å². The van der Waals surface area contributed by atoms with E-state index in [0.717, 1.165) is 30.6 Å². The highest BCUT2D eigenvalue weighted by Crippen LogP contribution is 2.30. The van der Waals surface area contributed by atoms with E-state index in [-0.39, 0.29) is 46.1 Å². The van der Waals surface area contributed by atoms with E-state index < -0.39 is 16.1 Å². The molecule has 1 aromatic heterocycles. The van der Waals surface area contributed by atoms with Crippen molar-refractivity contribution in [3.05, 3.63) is 41.3 Å². The number of carbonyl (C=O) groups is 1. The van der Waals surface area contributed by atoms with Crippen molar-refractivity contribution in [3.63, 3.8) is 0 Å². The van der Waals surface area contributed by atoms with Gasteiger partial charge < -0.3 is 24.4 Å². The van der Waals surface area contributed by atoms with Crippen LogP contribution in [0.4, 0.5) is 5.69 Å². The summed E-state index contributed by atoms with van der Waals surface area (Å²) in [5.74, 6) is 0.0445. The molecule has 0 fully saturated rings. The number of sulfonamides is 1. The monoisotopic (exact) mass is 567 g/mol. The van der Waals surface area contributed by atoms with Gasteiger partial charge in [0.05, 0.1) is 30.4 Å². The van der Waals surface area contributed by atoms with Crippen LogP contribution in [0.2, 0.25) is 0 Å². The van der Waals surface area contributed by atoms with Gasteiger partial charge in [-0.05, 0) is 76.9 Å². The van der Waals surface area contributed by atoms with E-state index in [1.807, 2.05) is 21.0 Å². The maximum atomic E-state index is 14.0. The molecule has 0 aliphatic carbocycles. The highest BCUT2D eigenvalue weighted by atomic mass is 32.2. The minimum Gasteiger partial charge on any atom is -0.490 e. The Morgan fingerprint density at radius 1 is 1.24 bits per heavy atom. The third-order valence-corrected chi connectivity index (χ3v) is 9.39. The Balaban J connectivity index is 2.01. The molecular formula is C27H41N3O6S2. The zero-order valence-corrected chi connectivity index (χ0v) is 24.6. The number of aliphatic hydroxyl groups is 1. The number of nitrogens with zero attached hydrogens (tertiary/aromatic N) is 2. The molecule has 0 unspecified atom stereocenters. The van der Waals surface area contributed by atoms with Gasteiger partial charge in [0.15, 0.2) is 0 Å². The van der Waals surface area contributed by atoms with Crippen LogP contribution in [0.1, 0.15) is 50.4 Å². The van der Waals surface area contributed by atoms with Crippen molar-refractivity contribution in [2.45, 2.75) is 62.5 Å². The van der Waals surface area contributed by atoms with Gasteiger partial charge in [-0.1, -0.05) is 13.0 Å². The molecular weight excluding hydrogens is 526 g/mol. The van der Waals surface area contributed by atoms with Crippen molar-refractivity contribution in [2.24, 2.45) is 5.92 Å². The van der Waals surface area contributed by atoms with Crippen LogP contribution in [0.3, 0.4) is 0 Å². The first-order chi connectivity index (χ1) is 18.0. The first kappa shape index (κ1) is 30.4. The lowest BCUT2D eigenvalue weighted by Crippen LogP contribution is -2.47. The first-order valence-electron chi connectivity index (χ1n) is 13.1. The fourth-order valence-corrected chi connectivity index (χ4v) is 6.47. The summed E-state index contributed by atoms with van der Waals surface area (Å²) in [6.45, 7) is 7.29. The summed E-state index contributed by atoms with van der Waals surface area (Å²) < 4.78 is 40.9. The Hall–Kier alpha value is -2.18. The number of benzene rings is 1. The Kier molecular flexibility index (Phi) is 11.0. The van der Waals surface area contributed by atoms with Crippen molar-refractivity contribution in [1.82, 2.24) is 9.80 Å². The first-order valence-corrected chi connectivity index (χ1v) is 15.4. The zero-order chi connectivity index (χ0) is 27.9. The Morgan fingerprint density at radius 3 is 2.66 bits per heavy atom. The molecule has 0 bridgehead atoms. The summed E-state index contributed by atoms with van der Waals surface area (Å²) in [7, 11) is 0.195. The number of anilines is 1. The average molecular weight is 568 g/mol. The van der Waals surface area contributed by atoms with Crippen LogP contribution in [-0.2, 0) is 14.8 Å². The van der Waals surface area contributed by atoms with E-state index in [2.05, 4.69) is 16.5 Å². The van der Waals surface area contributed by atoms with E-state index in [4.69, 9.17) is 9.47 Å². The molecule has 0 saturated heterocycles. The summed E-state index contributed by atoms with van der Waals surface area (Å²) in [6, 6.07) is 7.51. The standard InChI is InChI=1S/C27H41N3O6S2/c1-19-16-30(20(2)18-31)27(32)23-15-22(28-38(33,34)26-10-8-14-37-26)11-12-24(23)36-21(3)9-6-7-13-35-25(19)17-29(4)5/h8,10-12,14-15,19-21,25,28,31H,6-7,9,13,16-18H2,1-5H3/t19-,20+,21-,25-/m1/s1. The van der Waals surface area contributed by atoms with Gasteiger partial charge in [0, 0.05) is 31.3 Å². The molecule has 2 heterocycles. The molecule has 11 heteroatoms. The molecule has 1 aromatic carbocycles. The molecule has 0 radical (unpaired) electrons. The smallest absolute Gasteiger partial charge is 0.271 e. The van der Waals surface area contributed by atoms with Gasteiger partial charge in [0.25, 0.3) is 15.9 Å². The number of nitrogens with one attached hydrogen (secondary N) is 1. The predicted octanol–water partition coefficient (Wildman–Crippen LogP) is 3.91. The Bertz CT molecular complexity index is 1140. The summed E-state index contributed by atoms with van der Waals surface area (Å²) in [6.07, 6.45) is 2.36. The van der Waals surface area contributed by atoms with Crippen LogP contribution in [0.15, 0.2) is 39.9 Å². The second-order valence-electron chi connectivity index (χ2n) is 10.3. The molecule has 3 rings (SSSR count). The van der Waals surface area contributed by atoms with Crippen molar-refractivity contribution in [2.75, 3.05) is 45.1 Å². The minimum atomic E-state index is -3.79. The molecule has 1 aliphatic heterocycles. The number of hydrogen-bond acceptors (Lipinski definition) is 8. The molecule has 2 aromatic rings. The number of likely N-dealkylation sites (N-methyl/N-ethyl adjacent to an activating group) is 1. The minimum absolute atomic E-state index is 0.0119. The molecule has 212 valence electrons. The van der Waals surface area contributed by atoms with Crippen molar-refractivity contribution < 1.29 is 27.8 Å². The lowest BCUT2D eigenvalue weighted by atomic mass is 10.0. The average Bonchev–Trinajstić information content (AvgIpc) is 3.42. The molecule has 4 atom stereocenters. The number of carbonyl (C=O) groups excluding carboxylic acids is 1. The second-order valence-corrected chi connectivity index (χ2v) is 13.2. The number of amides is 1. The molecule has 0 spiro atoms. The zero-order valence-electron chi connectivity index (χ0n) is 22.9. The number of hydrogen-bond donors (Lipinski definition) is 2. The number of ether oxygens (including phenoxy) is 2. The van der Waals surface area contributed by atoms with E-state index >= 15 is 0 Å². The van der Waals surface area contributed by atoms with Crippen LogP contribution in [0, 0.1) is 5.92 Å². The lowest BCUT2D eigenvalue weighted by molar-refractivity contribution is -0.0137. The normalized spacial score (nSPS) is 22.9. The molecule has 1 amide bonds. The number of fused-ring (bicyclic) bond motifs is 1. The van der Waals surface area contributed by atoms with E-state index in [0.29, 0.717) is 25.4 Å². The molecule has 1 aliphatic rings. The van der Waals surface area contributed by atoms with Gasteiger partial charge in [-0.3, -0.25) is 9.52 Å². The van der Waals surface area contributed by atoms with Crippen LogP contribution in [-0.4, -0.2) is 87.9 Å². The maximum Gasteiger partial charge on any atom is 0.271 e. The third-order valence-electron chi connectivity index (χ3n) is 6.61.